The molecule has 1 aromatic rings. The zero-order chi connectivity index (χ0) is 26.0. The van der Waals surface area contributed by atoms with Crippen LogP contribution < -0.4 is 21.7 Å². The fourth-order valence-corrected chi connectivity index (χ4v) is 3.33. The number of aliphatic hydroxyl groups is 1. The van der Waals surface area contributed by atoms with Crippen LogP contribution in [0.4, 0.5) is 0 Å². The lowest BCUT2D eigenvalue weighted by Gasteiger charge is -2.29. The number of nitrogens with one attached hydrogen (secondary N) is 3. The van der Waals surface area contributed by atoms with Gasteiger partial charge in [-0.2, -0.15) is 0 Å². The molecule has 7 N–H and O–H groups in total. The zero-order valence-electron chi connectivity index (χ0n) is 20.4. The Morgan fingerprint density at radius 3 is 1.82 bits per heavy atom. The van der Waals surface area contributed by atoms with E-state index in [1.165, 1.54) is 6.92 Å². The second kappa shape index (κ2) is 13.7. The van der Waals surface area contributed by atoms with Gasteiger partial charge in [0.05, 0.1) is 12.1 Å². The van der Waals surface area contributed by atoms with Crippen molar-refractivity contribution >= 4 is 23.7 Å². The number of rotatable bonds is 13. The van der Waals surface area contributed by atoms with Crippen LogP contribution in [0.25, 0.3) is 0 Å². The highest BCUT2D eigenvalue weighted by Gasteiger charge is 2.34. The van der Waals surface area contributed by atoms with E-state index in [4.69, 9.17) is 5.73 Å². The third-order valence-corrected chi connectivity index (χ3v) is 5.72. The Morgan fingerprint density at radius 2 is 1.35 bits per heavy atom. The SMILES string of the molecule is CCC(C)C(NC(=O)C(NC(=O)C(NC(=O)C(N)Cc1ccccc1)C(C)C)C(C)O)C(=O)O. The molecule has 6 atom stereocenters. The van der Waals surface area contributed by atoms with E-state index in [2.05, 4.69) is 16.0 Å². The summed E-state index contributed by atoms with van der Waals surface area (Å²) in [4.78, 5) is 49.9. The first-order chi connectivity index (χ1) is 15.9. The minimum Gasteiger partial charge on any atom is -0.480 e. The van der Waals surface area contributed by atoms with Gasteiger partial charge >= 0.3 is 5.97 Å². The molecule has 0 saturated heterocycles. The van der Waals surface area contributed by atoms with E-state index in [-0.39, 0.29) is 18.3 Å². The molecular weight excluding hydrogens is 440 g/mol. The minimum absolute atomic E-state index is 0.282. The first kappa shape index (κ1) is 29.1. The molecule has 0 radical (unpaired) electrons. The number of carbonyl (C=O) groups excluding carboxylic acids is 3. The van der Waals surface area contributed by atoms with Crippen LogP contribution in [0.1, 0.15) is 46.6 Å². The molecule has 0 saturated carbocycles. The molecule has 0 aliphatic carbocycles. The molecule has 1 aromatic carbocycles. The van der Waals surface area contributed by atoms with E-state index in [0.29, 0.717) is 6.42 Å². The summed E-state index contributed by atoms with van der Waals surface area (Å²) in [5.41, 5.74) is 6.89. The molecule has 10 heteroatoms. The molecular formula is C24H38N4O6. The number of aliphatic carboxylic acids is 1. The van der Waals surface area contributed by atoms with Crippen molar-refractivity contribution in [3.05, 3.63) is 35.9 Å². The van der Waals surface area contributed by atoms with Crippen molar-refractivity contribution in [1.29, 1.82) is 0 Å². The predicted octanol–water partition coefficient (Wildman–Crippen LogP) is 0.178. The molecule has 0 heterocycles. The number of nitrogens with two attached hydrogens (primary N) is 1. The second-order valence-corrected chi connectivity index (χ2v) is 8.96. The zero-order valence-corrected chi connectivity index (χ0v) is 20.4. The van der Waals surface area contributed by atoms with Crippen molar-refractivity contribution in [3.63, 3.8) is 0 Å². The van der Waals surface area contributed by atoms with Crippen LogP contribution in [0.15, 0.2) is 30.3 Å². The summed E-state index contributed by atoms with van der Waals surface area (Å²) >= 11 is 0. The van der Waals surface area contributed by atoms with Gasteiger partial charge in [0.25, 0.3) is 0 Å². The Morgan fingerprint density at radius 1 is 0.853 bits per heavy atom. The average molecular weight is 479 g/mol. The lowest BCUT2D eigenvalue weighted by molar-refractivity contribution is -0.144. The van der Waals surface area contributed by atoms with Gasteiger partial charge in [-0.1, -0.05) is 64.4 Å². The standard InChI is InChI=1S/C24H38N4O6/c1-6-14(4)19(24(33)34)27-23(32)20(15(5)29)28-22(31)18(13(2)3)26-21(30)17(25)12-16-10-8-7-9-11-16/h7-11,13-15,17-20,29H,6,12,25H2,1-5H3,(H,26,30)(H,27,32)(H,28,31)(H,33,34). The normalized spacial score (nSPS) is 16.5. The number of amides is 3. The van der Waals surface area contributed by atoms with Gasteiger partial charge < -0.3 is 31.9 Å². The van der Waals surface area contributed by atoms with E-state index in [9.17, 15) is 29.4 Å². The predicted molar refractivity (Wildman–Crippen MR) is 128 cm³/mol. The summed E-state index contributed by atoms with van der Waals surface area (Å²) in [5.74, 6) is -3.97. The van der Waals surface area contributed by atoms with Crippen LogP contribution in [0.3, 0.4) is 0 Å². The molecule has 0 aliphatic heterocycles. The summed E-state index contributed by atoms with van der Waals surface area (Å²) in [6.07, 6.45) is -0.517. The first-order valence-corrected chi connectivity index (χ1v) is 11.5. The Labute approximate surface area is 200 Å². The molecule has 0 fully saturated rings. The maximum Gasteiger partial charge on any atom is 0.326 e. The summed E-state index contributed by atoms with van der Waals surface area (Å²) in [6, 6.07) is 4.72. The molecule has 6 unspecified atom stereocenters. The quantitative estimate of drug-likeness (QED) is 0.235. The van der Waals surface area contributed by atoms with Gasteiger partial charge in [0, 0.05) is 0 Å². The summed E-state index contributed by atoms with van der Waals surface area (Å²) in [5, 5.41) is 27.0. The number of carboxylic acids is 1. The van der Waals surface area contributed by atoms with Crippen LogP contribution >= 0.6 is 0 Å². The monoisotopic (exact) mass is 478 g/mol. The summed E-state index contributed by atoms with van der Waals surface area (Å²) < 4.78 is 0. The topological polar surface area (TPSA) is 171 Å². The van der Waals surface area contributed by atoms with E-state index in [1.54, 1.807) is 27.7 Å². The highest BCUT2D eigenvalue weighted by molar-refractivity contribution is 5.94. The van der Waals surface area contributed by atoms with E-state index in [0.717, 1.165) is 5.56 Å². The lowest BCUT2D eigenvalue weighted by Crippen LogP contribution is -2.61. The molecule has 34 heavy (non-hydrogen) atoms. The molecule has 10 nitrogen and oxygen atoms in total. The highest BCUT2D eigenvalue weighted by atomic mass is 16.4. The van der Waals surface area contributed by atoms with Crippen molar-refractivity contribution < 1.29 is 29.4 Å². The number of aliphatic hydroxyl groups excluding tert-OH is 1. The molecule has 0 aliphatic rings. The number of hydrogen-bond acceptors (Lipinski definition) is 6. The van der Waals surface area contributed by atoms with E-state index in [1.807, 2.05) is 30.3 Å². The van der Waals surface area contributed by atoms with Gasteiger partial charge in [0.2, 0.25) is 17.7 Å². The maximum absolute atomic E-state index is 13.0. The van der Waals surface area contributed by atoms with Crippen molar-refractivity contribution in [2.24, 2.45) is 17.6 Å². The molecule has 190 valence electrons. The van der Waals surface area contributed by atoms with Gasteiger partial charge in [0.15, 0.2) is 0 Å². The lowest BCUT2D eigenvalue weighted by atomic mass is 9.98. The first-order valence-electron chi connectivity index (χ1n) is 11.5. The maximum atomic E-state index is 13.0. The highest BCUT2D eigenvalue weighted by Crippen LogP contribution is 2.10. The van der Waals surface area contributed by atoms with Crippen LogP contribution in [0.2, 0.25) is 0 Å². The average Bonchev–Trinajstić information content (AvgIpc) is 2.78. The van der Waals surface area contributed by atoms with Gasteiger partial charge in [0.1, 0.15) is 18.1 Å². The van der Waals surface area contributed by atoms with E-state index >= 15 is 0 Å². The minimum atomic E-state index is -1.41. The summed E-state index contributed by atoms with van der Waals surface area (Å²) in [6.45, 7) is 8.21. The van der Waals surface area contributed by atoms with Crippen LogP contribution in [0.5, 0.6) is 0 Å². The number of benzene rings is 1. The molecule has 0 aromatic heterocycles. The van der Waals surface area contributed by atoms with Gasteiger partial charge in [-0.3, -0.25) is 14.4 Å². The van der Waals surface area contributed by atoms with Crippen LogP contribution in [0, 0.1) is 11.8 Å². The van der Waals surface area contributed by atoms with Crippen LogP contribution in [-0.2, 0) is 25.6 Å². The molecule has 0 bridgehead atoms. The van der Waals surface area contributed by atoms with Crippen molar-refractivity contribution in [2.75, 3.05) is 0 Å². The fraction of sp³-hybridized carbons (Fsp3) is 0.583. The van der Waals surface area contributed by atoms with Crippen LogP contribution in [-0.4, -0.2) is 64.2 Å². The summed E-state index contributed by atoms with van der Waals surface area (Å²) in [7, 11) is 0. The Kier molecular flexibility index (Phi) is 11.7. The molecule has 0 spiro atoms. The Balaban J connectivity index is 2.90. The third kappa shape index (κ3) is 8.75. The largest absolute Gasteiger partial charge is 0.480 e. The second-order valence-electron chi connectivity index (χ2n) is 8.96. The smallest absolute Gasteiger partial charge is 0.326 e. The van der Waals surface area contributed by atoms with Gasteiger partial charge in [-0.05, 0) is 30.7 Å². The van der Waals surface area contributed by atoms with Crippen molar-refractivity contribution in [3.8, 4) is 0 Å². The van der Waals surface area contributed by atoms with Crippen molar-refractivity contribution in [2.45, 2.75) is 77.7 Å². The number of hydrogen-bond donors (Lipinski definition) is 6. The molecule has 3 amide bonds. The fourth-order valence-electron chi connectivity index (χ4n) is 3.33. The van der Waals surface area contributed by atoms with Crippen molar-refractivity contribution in [1.82, 2.24) is 16.0 Å². The molecule has 1 rings (SSSR count). The number of carboxylic acid groups (broad SMARTS) is 1. The van der Waals surface area contributed by atoms with Gasteiger partial charge in [-0.25, -0.2) is 4.79 Å². The number of carbonyl (C=O) groups is 4. The van der Waals surface area contributed by atoms with Gasteiger partial charge in [-0.15, -0.1) is 0 Å². The van der Waals surface area contributed by atoms with E-state index < -0.39 is 54.0 Å². The third-order valence-electron chi connectivity index (χ3n) is 5.72. The Bertz CT molecular complexity index is 830. The Hall–Kier alpha value is -2.98.